The van der Waals surface area contributed by atoms with E-state index in [0.29, 0.717) is 6.61 Å². The largest absolute Gasteiger partial charge is 0.491 e. The van der Waals surface area contributed by atoms with Crippen LogP contribution < -0.4 is 10.1 Å². The summed E-state index contributed by atoms with van der Waals surface area (Å²) in [6.07, 6.45) is 3.78. The molecule has 1 aliphatic rings. The van der Waals surface area contributed by atoms with E-state index >= 15 is 0 Å². The molecule has 1 N–H and O–H groups in total. The first-order valence-electron chi connectivity index (χ1n) is 5.40. The van der Waals surface area contributed by atoms with Crippen LogP contribution in [-0.2, 0) is 0 Å². The third-order valence-corrected chi connectivity index (χ3v) is 2.41. The SMILES string of the molecule is CC1=CNC(COc2ccc(C)cc2)C=N1. The molecule has 0 spiro atoms. The molecular weight excluding hydrogens is 200 g/mol. The Hall–Kier alpha value is -1.77. The molecule has 1 unspecified atom stereocenters. The van der Waals surface area contributed by atoms with Crippen molar-refractivity contribution in [3.05, 3.63) is 41.7 Å². The molecule has 3 nitrogen and oxygen atoms in total. The molecule has 16 heavy (non-hydrogen) atoms. The average molecular weight is 216 g/mol. The smallest absolute Gasteiger partial charge is 0.119 e. The Bertz CT molecular complexity index is 406. The lowest BCUT2D eigenvalue weighted by molar-refractivity contribution is 0.303. The van der Waals surface area contributed by atoms with Gasteiger partial charge < -0.3 is 10.1 Å². The highest BCUT2D eigenvalue weighted by Crippen LogP contribution is 2.11. The van der Waals surface area contributed by atoms with Gasteiger partial charge in [0.1, 0.15) is 12.4 Å². The molecule has 0 saturated heterocycles. The van der Waals surface area contributed by atoms with Gasteiger partial charge in [0.2, 0.25) is 0 Å². The minimum absolute atomic E-state index is 0.157. The molecule has 1 aromatic rings. The average Bonchev–Trinajstić information content (AvgIpc) is 2.30. The summed E-state index contributed by atoms with van der Waals surface area (Å²) < 4.78 is 5.65. The van der Waals surface area contributed by atoms with Crippen molar-refractivity contribution in [3.8, 4) is 5.75 Å². The maximum atomic E-state index is 5.65. The summed E-state index contributed by atoms with van der Waals surface area (Å²) in [6.45, 7) is 4.61. The van der Waals surface area contributed by atoms with Gasteiger partial charge >= 0.3 is 0 Å². The molecular formula is C13H16N2O. The van der Waals surface area contributed by atoms with Gasteiger partial charge in [0.15, 0.2) is 0 Å². The summed E-state index contributed by atoms with van der Waals surface area (Å²) in [5.74, 6) is 0.895. The van der Waals surface area contributed by atoms with Crippen LogP contribution in [0.1, 0.15) is 12.5 Å². The predicted octanol–water partition coefficient (Wildman–Crippen LogP) is 2.28. The van der Waals surface area contributed by atoms with Crippen LogP contribution in [0.3, 0.4) is 0 Å². The molecule has 2 rings (SSSR count). The molecule has 0 bridgehead atoms. The Labute approximate surface area is 95.8 Å². The Kier molecular flexibility index (Phi) is 3.25. The molecule has 84 valence electrons. The van der Waals surface area contributed by atoms with Crippen LogP contribution in [0.5, 0.6) is 5.75 Å². The minimum Gasteiger partial charge on any atom is -0.491 e. The van der Waals surface area contributed by atoms with Crippen LogP contribution in [0.2, 0.25) is 0 Å². The van der Waals surface area contributed by atoms with Gasteiger partial charge in [-0.2, -0.15) is 0 Å². The van der Waals surface area contributed by atoms with Crippen molar-refractivity contribution in [2.75, 3.05) is 6.61 Å². The number of hydrogen-bond acceptors (Lipinski definition) is 3. The Morgan fingerprint density at radius 3 is 2.62 bits per heavy atom. The number of ether oxygens (including phenoxy) is 1. The van der Waals surface area contributed by atoms with Crippen molar-refractivity contribution in [1.82, 2.24) is 5.32 Å². The number of hydrogen-bond donors (Lipinski definition) is 1. The third kappa shape index (κ3) is 2.86. The van der Waals surface area contributed by atoms with Crippen LogP contribution in [0.25, 0.3) is 0 Å². The normalized spacial score (nSPS) is 18.9. The minimum atomic E-state index is 0.157. The van der Waals surface area contributed by atoms with Crippen molar-refractivity contribution in [3.63, 3.8) is 0 Å². The van der Waals surface area contributed by atoms with Crippen molar-refractivity contribution in [2.24, 2.45) is 4.99 Å². The lowest BCUT2D eigenvalue weighted by Crippen LogP contribution is -2.34. The molecule has 0 aromatic heterocycles. The molecule has 1 aromatic carbocycles. The number of aliphatic imine (C=N–C) groups is 1. The summed E-state index contributed by atoms with van der Waals surface area (Å²) >= 11 is 0. The van der Waals surface area contributed by atoms with E-state index in [1.165, 1.54) is 5.56 Å². The fraction of sp³-hybridized carbons (Fsp3) is 0.308. The zero-order chi connectivity index (χ0) is 11.4. The van der Waals surface area contributed by atoms with Crippen molar-refractivity contribution in [2.45, 2.75) is 19.9 Å². The first-order valence-corrected chi connectivity index (χ1v) is 5.40. The van der Waals surface area contributed by atoms with Crippen LogP contribution in [0.4, 0.5) is 0 Å². The summed E-state index contributed by atoms with van der Waals surface area (Å²) in [4.78, 5) is 4.23. The van der Waals surface area contributed by atoms with Gasteiger partial charge in [0, 0.05) is 12.4 Å². The van der Waals surface area contributed by atoms with Gasteiger partial charge in [-0.15, -0.1) is 0 Å². The summed E-state index contributed by atoms with van der Waals surface area (Å²) in [5.41, 5.74) is 2.23. The Morgan fingerprint density at radius 2 is 2.00 bits per heavy atom. The van der Waals surface area contributed by atoms with Crippen molar-refractivity contribution < 1.29 is 4.74 Å². The van der Waals surface area contributed by atoms with Crippen LogP contribution in [0, 0.1) is 6.92 Å². The first-order chi connectivity index (χ1) is 7.74. The zero-order valence-electron chi connectivity index (χ0n) is 9.60. The lowest BCUT2D eigenvalue weighted by atomic mass is 10.2. The molecule has 1 aliphatic heterocycles. The highest BCUT2D eigenvalue weighted by Gasteiger charge is 2.07. The molecule has 1 heterocycles. The van der Waals surface area contributed by atoms with E-state index in [2.05, 4.69) is 17.2 Å². The monoisotopic (exact) mass is 216 g/mol. The number of rotatable bonds is 3. The quantitative estimate of drug-likeness (QED) is 0.841. The van der Waals surface area contributed by atoms with Gasteiger partial charge in [-0.3, -0.25) is 4.99 Å². The second-order valence-electron chi connectivity index (χ2n) is 3.96. The number of allylic oxidation sites excluding steroid dienone is 1. The molecule has 0 radical (unpaired) electrons. The van der Waals surface area contributed by atoms with E-state index in [1.807, 2.05) is 43.6 Å². The topological polar surface area (TPSA) is 33.6 Å². The summed E-state index contributed by atoms with van der Waals surface area (Å²) in [5, 5.41) is 3.21. The fourth-order valence-corrected chi connectivity index (χ4v) is 1.43. The van der Waals surface area contributed by atoms with Gasteiger partial charge in [-0.25, -0.2) is 0 Å². The first kappa shape index (κ1) is 10.7. The molecule has 0 saturated carbocycles. The van der Waals surface area contributed by atoms with Gasteiger partial charge in [-0.05, 0) is 26.0 Å². The van der Waals surface area contributed by atoms with Crippen molar-refractivity contribution >= 4 is 6.21 Å². The van der Waals surface area contributed by atoms with Crippen LogP contribution in [0.15, 0.2) is 41.2 Å². The summed E-state index contributed by atoms with van der Waals surface area (Å²) in [7, 11) is 0. The van der Waals surface area contributed by atoms with E-state index in [-0.39, 0.29) is 6.04 Å². The lowest BCUT2D eigenvalue weighted by Gasteiger charge is -2.17. The standard InChI is InChI=1S/C13H16N2O/c1-10-3-5-13(6-4-10)16-9-12-8-14-11(2)7-15-12/h3-8,12,15H,9H2,1-2H3. The molecule has 1 atom stereocenters. The van der Waals surface area contributed by atoms with Crippen LogP contribution in [-0.4, -0.2) is 18.9 Å². The molecule has 3 heteroatoms. The van der Waals surface area contributed by atoms with E-state index in [9.17, 15) is 0 Å². The van der Waals surface area contributed by atoms with Gasteiger partial charge in [0.05, 0.1) is 11.7 Å². The van der Waals surface area contributed by atoms with Gasteiger partial charge in [0.25, 0.3) is 0 Å². The summed E-state index contributed by atoms with van der Waals surface area (Å²) in [6, 6.07) is 8.21. The van der Waals surface area contributed by atoms with Crippen molar-refractivity contribution in [1.29, 1.82) is 0 Å². The molecule has 0 amide bonds. The molecule has 0 aliphatic carbocycles. The van der Waals surface area contributed by atoms with E-state index < -0.39 is 0 Å². The second-order valence-corrected chi connectivity index (χ2v) is 3.96. The maximum absolute atomic E-state index is 5.65. The number of nitrogens with one attached hydrogen (secondary N) is 1. The van der Waals surface area contributed by atoms with E-state index in [1.54, 1.807) is 0 Å². The Balaban J connectivity index is 1.84. The fourth-order valence-electron chi connectivity index (χ4n) is 1.43. The number of benzene rings is 1. The molecule has 0 fully saturated rings. The third-order valence-electron chi connectivity index (χ3n) is 2.41. The van der Waals surface area contributed by atoms with E-state index in [4.69, 9.17) is 4.74 Å². The van der Waals surface area contributed by atoms with Gasteiger partial charge in [-0.1, -0.05) is 17.7 Å². The van der Waals surface area contributed by atoms with Crippen LogP contribution >= 0.6 is 0 Å². The number of aryl methyl sites for hydroxylation is 1. The highest BCUT2D eigenvalue weighted by atomic mass is 16.5. The second kappa shape index (κ2) is 4.84. The highest BCUT2D eigenvalue weighted by molar-refractivity contribution is 5.67. The predicted molar refractivity (Wildman–Crippen MR) is 65.8 cm³/mol. The van der Waals surface area contributed by atoms with E-state index in [0.717, 1.165) is 11.4 Å². The Morgan fingerprint density at radius 1 is 1.25 bits per heavy atom. The number of nitrogens with zero attached hydrogens (tertiary/aromatic N) is 1. The zero-order valence-corrected chi connectivity index (χ0v) is 9.60. The maximum Gasteiger partial charge on any atom is 0.119 e.